The van der Waals surface area contributed by atoms with Crippen LogP contribution in [0.3, 0.4) is 0 Å². The van der Waals surface area contributed by atoms with E-state index < -0.39 is 0 Å². The summed E-state index contributed by atoms with van der Waals surface area (Å²) in [6.45, 7) is 2.75. The van der Waals surface area contributed by atoms with Crippen LogP contribution in [-0.4, -0.2) is 46.9 Å². The predicted molar refractivity (Wildman–Crippen MR) is 130 cm³/mol. The van der Waals surface area contributed by atoms with Crippen LogP contribution in [0.5, 0.6) is 11.5 Å². The number of hydrogen-bond acceptors (Lipinski definition) is 4. The lowest BCUT2D eigenvalue weighted by molar-refractivity contribution is 0.210. The molecule has 1 aromatic heterocycles. The number of imidazole rings is 1. The standard InChI is InChI=1S/C27H33N3O3/c1-28(20-21-6-7-21)18-19-32-24-12-8-22(9-13-24)29-16-17-30(27(29)31)23-10-14-26(15-11-23)33-25-4-2-3-5-25/h8-17,21,25H,2-7,18-20H2,1H3. The van der Waals surface area contributed by atoms with Gasteiger partial charge in [-0.25, -0.2) is 4.79 Å². The van der Waals surface area contributed by atoms with Crippen molar-refractivity contribution in [3.05, 3.63) is 71.4 Å². The number of hydrogen-bond donors (Lipinski definition) is 0. The molecular formula is C27H33N3O3. The number of likely N-dealkylation sites (N-methyl/N-ethyl adjacent to an activating group) is 1. The Kier molecular flexibility index (Phi) is 6.53. The molecule has 0 aliphatic heterocycles. The molecule has 2 aromatic carbocycles. The zero-order valence-corrected chi connectivity index (χ0v) is 19.4. The maximum atomic E-state index is 13.0. The van der Waals surface area contributed by atoms with Gasteiger partial charge in [0.05, 0.1) is 17.5 Å². The van der Waals surface area contributed by atoms with Gasteiger partial charge in [0.25, 0.3) is 0 Å². The van der Waals surface area contributed by atoms with Gasteiger partial charge in [-0.2, -0.15) is 0 Å². The minimum absolute atomic E-state index is 0.102. The molecule has 0 N–H and O–H groups in total. The van der Waals surface area contributed by atoms with Crippen LogP contribution >= 0.6 is 0 Å². The highest BCUT2D eigenvalue weighted by Gasteiger charge is 2.22. The van der Waals surface area contributed by atoms with Gasteiger partial charge >= 0.3 is 5.69 Å². The lowest BCUT2D eigenvalue weighted by Crippen LogP contribution is -2.26. The van der Waals surface area contributed by atoms with E-state index in [1.165, 1.54) is 32.2 Å². The van der Waals surface area contributed by atoms with Crippen LogP contribution in [0.4, 0.5) is 0 Å². The van der Waals surface area contributed by atoms with Gasteiger partial charge in [0.2, 0.25) is 0 Å². The van der Waals surface area contributed by atoms with Crippen molar-refractivity contribution < 1.29 is 9.47 Å². The highest BCUT2D eigenvalue weighted by Crippen LogP contribution is 2.29. The molecule has 0 spiro atoms. The molecule has 174 valence electrons. The Morgan fingerprint density at radius 1 is 0.848 bits per heavy atom. The van der Waals surface area contributed by atoms with Gasteiger partial charge in [0.1, 0.15) is 18.1 Å². The monoisotopic (exact) mass is 447 g/mol. The number of benzene rings is 2. The van der Waals surface area contributed by atoms with Crippen molar-refractivity contribution in [3.8, 4) is 22.9 Å². The fraction of sp³-hybridized carbons (Fsp3) is 0.444. The molecule has 0 atom stereocenters. The zero-order chi connectivity index (χ0) is 22.6. The van der Waals surface area contributed by atoms with E-state index in [9.17, 15) is 4.79 Å². The molecule has 33 heavy (non-hydrogen) atoms. The summed E-state index contributed by atoms with van der Waals surface area (Å²) in [6.07, 6.45) is 11.4. The van der Waals surface area contributed by atoms with Gasteiger partial charge in [-0.3, -0.25) is 9.13 Å². The average molecular weight is 448 g/mol. The molecular weight excluding hydrogens is 414 g/mol. The second kappa shape index (κ2) is 9.87. The molecule has 3 aromatic rings. The van der Waals surface area contributed by atoms with Crippen molar-refractivity contribution in [2.45, 2.75) is 44.6 Å². The molecule has 0 amide bonds. The highest BCUT2D eigenvalue weighted by atomic mass is 16.5. The smallest absolute Gasteiger partial charge is 0.337 e. The molecule has 2 aliphatic rings. The van der Waals surface area contributed by atoms with E-state index in [4.69, 9.17) is 9.47 Å². The minimum Gasteiger partial charge on any atom is -0.492 e. The van der Waals surface area contributed by atoms with Crippen molar-refractivity contribution in [3.63, 3.8) is 0 Å². The molecule has 0 unspecified atom stereocenters. The second-order valence-electron chi connectivity index (χ2n) is 9.39. The van der Waals surface area contributed by atoms with Gasteiger partial charge in [0.15, 0.2) is 0 Å². The third-order valence-electron chi connectivity index (χ3n) is 6.62. The lowest BCUT2D eigenvalue weighted by Gasteiger charge is -2.16. The lowest BCUT2D eigenvalue weighted by atomic mass is 10.2. The largest absolute Gasteiger partial charge is 0.492 e. The van der Waals surface area contributed by atoms with Crippen molar-refractivity contribution in [2.24, 2.45) is 5.92 Å². The molecule has 5 rings (SSSR count). The Hall–Kier alpha value is -2.99. The summed E-state index contributed by atoms with van der Waals surface area (Å²) in [5.41, 5.74) is 1.54. The van der Waals surface area contributed by atoms with Crippen LogP contribution in [-0.2, 0) is 0 Å². The first-order valence-corrected chi connectivity index (χ1v) is 12.1. The molecule has 0 radical (unpaired) electrons. The summed E-state index contributed by atoms with van der Waals surface area (Å²) in [5.74, 6) is 2.58. The molecule has 0 bridgehead atoms. The summed E-state index contributed by atoms with van der Waals surface area (Å²) >= 11 is 0. The molecule has 1 heterocycles. The number of nitrogens with zero attached hydrogens (tertiary/aromatic N) is 3. The summed E-state index contributed by atoms with van der Waals surface area (Å²) in [5, 5.41) is 0. The van der Waals surface area contributed by atoms with Crippen LogP contribution in [0.2, 0.25) is 0 Å². The minimum atomic E-state index is -0.102. The number of ether oxygens (including phenoxy) is 2. The van der Waals surface area contributed by atoms with Gasteiger partial charge < -0.3 is 14.4 Å². The Labute approximate surface area is 195 Å². The predicted octanol–water partition coefficient (Wildman–Crippen LogP) is 4.67. The van der Waals surface area contributed by atoms with Crippen molar-refractivity contribution >= 4 is 0 Å². The van der Waals surface area contributed by atoms with Crippen molar-refractivity contribution in [1.82, 2.24) is 14.0 Å². The average Bonchev–Trinajstić information content (AvgIpc) is 3.33. The van der Waals surface area contributed by atoms with Gasteiger partial charge in [-0.05, 0) is 100 Å². The Bertz CT molecular complexity index is 1090. The van der Waals surface area contributed by atoms with E-state index in [1.54, 1.807) is 21.5 Å². The summed E-state index contributed by atoms with van der Waals surface area (Å²) in [6, 6.07) is 15.5. The number of aromatic nitrogens is 2. The van der Waals surface area contributed by atoms with E-state index in [-0.39, 0.29) is 5.69 Å². The fourth-order valence-corrected chi connectivity index (χ4v) is 4.51. The maximum absolute atomic E-state index is 13.0. The first-order chi connectivity index (χ1) is 16.2. The van der Waals surface area contributed by atoms with Gasteiger partial charge in [0, 0.05) is 25.5 Å². The van der Waals surface area contributed by atoms with E-state index in [1.807, 2.05) is 48.5 Å². The topological polar surface area (TPSA) is 48.6 Å². The number of rotatable bonds is 10. The van der Waals surface area contributed by atoms with Crippen LogP contribution in [0, 0.1) is 5.92 Å². The molecule has 6 nitrogen and oxygen atoms in total. The van der Waals surface area contributed by atoms with Crippen LogP contribution in [0.15, 0.2) is 65.7 Å². The van der Waals surface area contributed by atoms with E-state index in [2.05, 4.69) is 11.9 Å². The normalized spacial score (nSPS) is 16.4. The summed E-state index contributed by atoms with van der Waals surface area (Å²) in [7, 11) is 2.15. The SMILES string of the molecule is CN(CCOc1ccc(-n2ccn(-c3ccc(OC4CCCC4)cc3)c2=O)cc1)CC1CC1. The first kappa shape index (κ1) is 21.8. The van der Waals surface area contributed by atoms with Crippen LogP contribution < -0.4 is 15.2 Å². The Morgan fingerprint density at radius 3 is 2.00 bits per heavy atom. The van der Waals surface area contributed by atoms with Crippen molar-refractivity contribution in [1.29, 1.82) is 0 Å². The van der Waals surface area contributed by atoms with E-state index in [0.29, 0.717) is 12.7 Å². The summed E-state index contributed by atoms with van der Waals surface area (Å²) in [4.78, 5) is 15.4. The van der Waals surface area contributed by atoms with Gasteiger partial charge in [-0.15, -0.1) is 0 Å². The fourth-order valence-electron chi connectivity index (χ4n) is 4.51. The van der Waals surface area contributed by atoms with Crippen LogP contribution in [0.1, 0.15) is 38.5 Å². The van der Waals surface area contributed by atoms with E-state index in [0.717, 1.165) is 48.2 Å². The second-order valence-corrected chi connectivity index (χ2v) is 9.39. The summed E-state index contributed by atoms with van der Waals surface area (Å²) < 4.78 is 15.2. The maximum Gasteiger partial charge on any atom is 0.337 e. The molecule has 2 aliphatic carbocycles. The molecule has 0 saturated heterocycles. The van der Waals surface area contributed by atoms with E-state index >= 15 is 0 Å². The first-order valence-electron chi connectivity index (χ1n) is 12.1. The highest BCUT2D eigenvalue weighted by molar-refractivity contribution is 5.40. The molecule has 6 heteroatoms. The third kappa shape index (κ3) is 5.50. The van der Waals surface area contributed by atoms with Gasteiger partial charge in [-0.1, -0.05) is 0 Å². The Morgan fingerprint density at radius 2 is 1.42 bits per heavy atom. The Balaban J connectivity index is 1.19. The third-order valence-corrected chi connectivity index (χ3v) is 6.62. The molecule has 2 fully saturated rings. The quantitative estimate of drug-likeness (QED) is 0.453. The van der Waals surface area contributed by atoms with Crippen LogP contribution in [0.25, 0.3) is 11.4 Å². The van der Waals surface area contributed by atoms with Crippen molar-refractivity contribution in [2.75, 3.05) is 26.7 Å². The zero-order valence-electron chi connectivity index (χ0n) is 19.4. The molecule has 2 saturated carbocycles.